The van der Waals surface area contributed by atoms with Crippen LogP contribution in [0.4, 0.5) is 5.69 Å². The van der Waals surface area contributed by atoms with Gasteiger partial charge in [0.2, 0.25) is 0 Å². The first-order valence-electron chi connectivity index (χ1n) is 8.21. The van der Waals surface area contributed by atoms with Gasteiger partial charge in [0.25, 0.3) is 5.91 Å². The van der Waals surface area contributed by atoms with Crippen LogP contribution in [0.1, 0.15) is 15.9 Å². The van der Waals surface area contributed by atoms with Crippen LogP contribution in [0.15, 0.2) is 30.3 Å². The highest BCUT2D eigenvalue weighted by Crippen LogP contribution is 2.42. The van der Waals surface area contributed by atoms with Gasteiger partial charge in [0.15, 0.2) is 0 Å². The summed E-state index contributed by atoms with van der Waals surface area (Å²) in [4.78, 5) is 16.8. The molecule has 0 unspecified atom stereocenters. The fraction of sp³-hybridized carbons (Fsp3) is 0.200. The summed E-state index contributed by atoms with van der Waals surface area (Å²) in [6.45, 7) is 1.81. The number of ether oxygens (including phenoxy) is 3. The molecule has 0 saturated heterocycles. The number of amides is 1. The van der Waals surface area contributed by atoms with E-state index in [9.17, 15) is 4.79 Å². The molecule has 27 heavy (non-hydrogen) atoms. The Bertz CT molecular complexity index is 1050. The summed E-state index contributed by atoms with van der Waals surface area (Å²) in [5.41, 5.74) is 14.8. The molecule has 1 amide bonds. The lowest BCUT2D eigenvalue weighted by Crippen LogP contribution is -2.14. The van der Waals surface area contributed by atoms with Crippen LogP contribution in [-0.4, -0.2) is 32.2 Å². The lowest BCUT2D eigenvalue weighted by atomic mass is 9.98. The largest absolute Gasteiger partial charge is 0.497 e. The number of primary amides is 1. The predicted molar refractivity (Wildman–Crippen MR) is 105 cm³/mol. The van der Waals surface area contributed by atoms with Gasteiger partial charge in [-0.05, 0) is 31.2 Å². The van der Waals surface area contributed by atoms with Gasteiger partial charge in [-0.15, -0.1) is 0 Å². The summed E-state index contributed by atoms with van der Waals surface area (Å²) < 4.78 is 16.2. The van der Waals surface area contributed by atoms with Crippen molar-refractivity contribution < 1.29 is 19.0 Å². The van der Waals surface area contributed by atoms with Gasteiger partial charge in [-0.1, -0.05) is 0 Å². The van der Waals surface area contributed by atoms with Gasteiger partial charge in [-0.25, -0.2) is 4.98 Å². The summed E-state index contributed by atoms with van der Waals surface area (Å²) in [5, 5.41) is 0.770. The summed E-state index contributed by atoms with van der Waals surface area (Å²) in [5.74, 6) is 1.04. The first-order valence-corrected chi connectivity index (χ1v) is 8.21. The first-order chi connectivity index (χ1) is 12.9. The molecule has 0 aliphatic carbocycles. The molecule has 4 N–H and O–H groups in total. The number of nitrogens with zero attached hydrogens (tertiary/aromatic N) is 1. The Morgan fingerprint density at radius 1 is 1.04 bits per heavy atom. The van der Waals surface area contributed by atoms with Crippen LogP contribution >= 0.6 is 0 Å². The number of pyridine rings is 1. The van der Waals surface area contributed by atoms with E-state index < -0.39 is 5.91 Å². The smallest absolute Gasteiger partial charge is 0.250 e. The molecule has 0 fully saturated rings. The maximum absolute atomic E-state index is 12.1. The van der Waals surface area contributed by atoms with Gasteiger partial charge >= 0.3 is 0 Å². The lowest BCUT2D eigenvalue weighted by Gasteiger charge is -2.18. The molecule has 1 heterocycles. The summed E-state index contributed by atoms with van der Waals surface area (Å²) in [6, 6.07) is 8.81. The third-order valence-corrected chi connectivity index (χ3v) is 4.50. The topological polar surface area (TPSA) is 110 Å². The van der Waals surface area contributed by atoms with Crippen molar-refractivity contribution in [3.63, 3.8) is 0 Å². The van der Waals surface area contributed by atoms with Gasteiger partial charge in [0, 0.05) is 22.6 Å². The molecule has 0 spiro atoms. The highest BCUT2D eigenvalue weighted by Gasteiger charge is 2.22. The Morgan fingerprint density at radius 3 is 2.37 bits per heavy atom. The van der Waals surface area contributed by atoms with Crippen LogP contribution in [0.25, 0.3) is 22.2 Å². The average Bonchev–Trinajstić information content (AvgIpc) is 2.68. The van der Waals surface area contributed by atoms with E-state index in [0.717, 1.165) is 5.39 Å². The number of aromatic nitrogens is 1. The molecule has 0 aliphatic heterocycles. The molecule has 0 radical (unpaired) electrons. The third kappa shape index (κ3) is 3.08. The van der Waals surface area contributed by atoms with Gasteiger partial charge in [0.05, 0.1) is 43.8 Å². The Morgan fingerprint density at radius 2 is 1.78 bits per heavy atom. The Labute approximate surface area is 156 Å². The summed E-state index contributed by atoms with van der Waals surface area (Å²) in [7, 11) is 4.64. The monoisotopic (exact) mass is 367 g/mol. The van der Waals surface area contributed by atoms with E-state index in [4.69, 9.17) is 25.7 Å². The van der Waals surface area contributed by atoms with Crippen LogP contribution in [0.3, 0.4) is 0 Å². The fourth-order valence-electron chi connectivity index (χ4n) is 3.06. The molecular weight excluding hydrogens is 346 g/mol. The molecule has 3 rings (SSSR count). The molecule has 140 valence electrons. The molecule has 3 aromatic rings. The van der Waals surface area contributed by atoms with E-state index in [1.165, 1.54) is 14.2 Å². The number of hydrogen-bond donors (Lipinski definition) is 2. The Hall–Kier alpha value is -3.48. The molecule has 7 nitrogen and oxygen atoms in total. The second-order valence-corrected chi connectivity index (χ2v) is 6.01. The van der Waals surface area contributed by atoms with E-state index in [1.807, 2.05) is 13.0 Å². The minimum absolute atomic E-state index is 0.275. The number of methoxy groups -OCH3 is 3. The molecule has 0 saturated carbocycles. The molecule has 1 aromatic heterocycles. The molecule has 2 aromatic carbocycles. The third-order valence-electron chi connectivity index (χ3n) is 4.50. The number of nitrogens with two attached hydrogens (primary N) is 2. The van der Waals surface area contributed by atoms with E-state index in [-0.39, 0.29) is 5.56 Å². The molecule has 0 atom stereocenters. The van der Waals surface area contributed by atoms with Crippen LogP contribution in [0, 0.1) is 6.92 Å². The van der Waals surface area contributed by atoms with Crippen LogP contribution < -0.4 is 25.7 Å². The van der Waals surface area contributed by atoms with E-state index in [1.54, 1.807) is 31.4 Å². The summed E-state index contributed by atoms with van der Waals surface area (Å²) in [6.07, 6.45) is 0. The zero-order valence-electron chi connectivity index (χ0n) is 15.6. The van der Waals surface area contributed by atoms with Gasteiger partial charge in [-0.2, -0.15) is 0 Å². The highest BCUT2D eigenvalue weighted by atomic mass is 16.5. The van der Waals surface area contributed by atoms with E-state index >= 15 is 0 Å². The first kappa shape index (κ1) is 18.3. The van der Waals surface area contributed by atoms with E-state index in [2.05, 4.69) is 4.98 Å². The number of nitrogen functional groups attached to an aromatic ring is 1. The van der Waals surface area contributed by atoms with Crippen LogP contribution in [0.5, 0.6) is 17.2 Å². The molecule has 7 heteroatoms. The number of benzene rings is 2. The van der Waals surface area contributed by atoms with E-state index in [0.29, 0.717) is 45.3 Å². The van der Waals surface area contributed by atoms with Crippen LogP contribution in [-0.2, 0) is 0 Å². The molecule has 0 aliphatic rings. The van der Waals surface area contributed by atoms with Crippen molar-refractivity contribution in [3.05, 3.63) is 41.5 Å². The minimum Gasteiger partial charge on any atom is -0.497 e. The number of carbonyl (C=O) groups excluding carboxylic acids is 1. The summed E-state index contributed by atoms with van der Waals surface area (Å²) >= 11 is 0. The fourth-order valence-corrected chi connectivity index (χ4v) is 3.06. The number of anilines is 1. The second-order valence-electron chi connectivity index (χ2n) is 6.01. The number of rotatable bonds is 5. The minimum atomic E-state index is -0.592. The van der Waals surface area contributed by atoms with Crippen molar-refractivity contribution >= 4 is 22.5 Å². The lowest BCUT2D eigenvalue weighted by molar-refractivity contribution is 0.100. The number of carbonyl (C=O) groups is 1. The quantitative estimate of drug-likeness (QED) is 0.671. The van der Waals surface area contributed by atoms with Gasteiger partial charge < -0.3 is 25.7 Å². The Kier molecular flexibility index (Phi) is 4.77. The SMILES string of the molecule is COc1ccc2cc(C(N)=O)c(-c3cc(OC)c(N)c(C)c3OC)nc2c1. The maximum Gasteiger partial charge on any atom is 0.250 e. The zero-order chi connectivity index (χ0) is 19.7. The highest BCUT2D eigenvalue weighted by molar-refractivity contribution is 6.03. The van der Waals surface area contributed by atoms with Crippen molar-refractivity contribution in [1.82, 2.24) is 4.98 Å². The maximum atomic E-state index is 12.1. The zero-order valence-corrected chi connectivity index (χ0v) is 15.6. The van der Waals surface area contributed by atoms with Crippen molar-refractivity contribution in [1.29, 1.82) is 0 Å². The van der Waals surface area contributed by atoms with Gasteiger partial charge in [-0.3, -0.25) is 4.79 Å². The van der Waals surface area contributed by atoms with Crippen molar-refractivity contribution in [3.8, 4) is 28.5 Å². The molecule has 0 bridgehead atoms. The van der Waals surface area contributed by atoms with Gasteiger partial charge in [0.1, 0.15) is 17.2 Å². The number of hydrogen-bond acceptors (Lipinski definition) is 6. The molecular formula is C20H21N3O4. The van der Waals surface area contributed by atoms with Crippen molar-refractivity contribution in [2.24, 2.45) is 5.73 Å². The van der Waals surface area contributed by atoms with Crippen molar-refractivity contribution in [2.45, 2.75) is 6.92 Å². The number of fused-ring (bicyclic) bond motifs is 1. The standard InChI is InChI=1S/C20H21N3O4/c1-10-17(21)16(26-3)9-13(19(10)27-4)18-14(20(22)24)7-11-5-6-12(25-2)8-15(11)23-18/h5-9H,21H2,1-4H3,(H2,22,24). The average molecular weight is 367 g/mol. The van der Waals surface area contributed by atoms with Crippen LogP contribution in [0.2, 0.25) is 0 Å². The second kappa shape index (κ2) is 7.03. The normalized spacial score (nSPS) is 10.7. The Balaban J connectivity index is 2.40. The van der Waals surface area contributed by atoms with Crippen molar-refractivity contribution in [2.75, 3.05) is 27.1 Å². The predicted octanol–water partition coefficient (Wildman–Crippen LogP) is 2.92.